The van der Waals surface area contributed by atoms with Crippen molar-refractivity contribution in [2.75, 3.05) is 6.54 Å². The number of carbonyl (C=O) groups is 4. The van der Waals surface area contributed by atoms with Gasteiger partial charge < -0.3 is 0 Å². The quantitative estimate of drug-likeness (QED) is 0.317. The topological polar surface area (TPSA) is 74.8 Å². The Hall–Kier alpha value is -2.67. The Balaban J connectivity index is 1.73. The molecule has 1 fully saturated rings. The lowest BCUT2D eigenvalue weighted by Gasteiger charge is -2.30. The number of rotatable bonds is 5. The molecule has 0 saturated carbocycles. The zero-order valence-electron chi connectivity index (χ0n) is 17.6. The molecule has 0 radical (unpaired) electrons. The van der Waals surface area contributed by atoms with Crippen LogP contribution in [-0.2, 0) is 9.59 Å². The Kier molecular flexibility index (Phi) is 6.61. The Morgan fingerprint density at radius 1 is 0.970 bits per heavy atom. The maximum Gasteiger partial charge on any atom is 0.274 e. The van der Waals surface area contributed by atoms with Crippen molar-refractivity contribution in [1.29, 1.82) is 0 Å². The summed E-state index contributed by atoms with van der Waals surface area (Å²) in [5, 5.41) is 2.28. The number of allylic oxidation sites excluding steroid dienone is 2. The molecule has 0 N–H and O–H groups in total. The fourth-order valence-electron chi connectivity index (χ4n) is 4.20. The molecule has 0 aromatic heterocycles. The number of ketones is 1. The maximum absolute atomic E-state index is 13.5. The van der Waals surface area contributed by atoms with Crippen molar-refractivity contribution in [3.8, 4) is 0 Å². The molecule has 2 aliphatic rings. The number of halogens is 3. The van der Waals surface area contributed by atoms with E-state index in [4.69, 9.17) is 34.8 Å². The predicted octanol–water partition coefficient (Wildman–Crippen LogP) is 5.23. The second-order valence-electron chi connectivity index (χ2n) is 8.08. The molecule has 4 rings (SSSR count). The molecule has 1 heterocycles. The van der Waals surface area contributed by atoms with Crippen LogP contribution in [0.3, 0.4) is 0 Å². The van der Waals surface area contributed by atoms with Gasteiger partial charge in [0, 0.05) is 10.6 Å². The zero-order valence-corrected chi connectivity index (χ0v) is 19.8. The predicted molar refractivity (Wildman–Crippen MR) is 125 cm³/mol. The molecule has 9 heteroatoms. The molecule has 0 bridgehead atoms. The van der Waals surface area contributed by atoms with Crippen LogP contribution in [0.2, 0.25) is 15.1 Å². The maximum atomic E-state index is 13.5. The molecule has 6 nitrogen and oxygen atoms in total. The van der Waals surface area contributed by atoms with E-state index in [1.165, 1.54) is 30.3 Å². The lowest BCUT2D eigenvalue weighted by Crippen LogP contribution is -2.52. The standard InChI is InChI=1S/C24H19Cl3N2O4/c1-13-6-8-15-18(10-13)24(33)29(23(15)32)28(22(31)17-4-2-3-5-19(17)26)12-21(30)16-9-7-14(25)11-20(16)27/h2-7,9,11,15,18H,8,10,12H2,1H3/t15-,18+/m0/s1. The van der Waals surface area contributed by atoms with Gasteiger partial charge in [-0.1, -0.05) is 58.6 Å². The van der Waals surface area contributed by atoms with E-state index in [2.05, 4.69) is 0 Å². The normalized spacial score (nSPS) is 19.9. The van der Waals surface area contributed by atoms with E-state index in [1.807, 2.05) is 13.0 Å². The fraction of sp³-hybridized carbons (Fsp3) is 0.250. The van der Waals surface area contributed by atoms with Crippen molar-refractivity contribution in [3.05, 3.63) is 80.3 Å². The van der Waals surface area contributed by atoms with Gasteiger partial charge in [-0.15, -0.1) is 0 Å². The number of benzene rings is 2. The van der Waals surface area contributed by atoms with Gasteiger partial charge >= 0.3 is 0 Å². The summed E-state index contributed by atoms with van der Waals surface area (Å²) in [6.07, 6.45) is 2.76. The molecular weight excluding hydrogens is 487 g/mol. The van der Waals surface area contributed by atoms with Crippen LogP contribution in [0.5, 0.6) is 0 Å². The van der Waals surface area contributed by atoms with Gasteiger partial charge in [0.2, 0.25) is 0 Å². The number of hydrogen-bond donors (Lipinski definition) is 0. The highest BCUT2D eigenvalue weighted by atomic mass is 35.5. The van der Waals surface area contributed by atoms with Crippen LogP contribution >= 0.6 is 34.8 Å². The Bertz CT molecular complexity index is 1210. The highest BCUT2D eigenvalue weighted by Crippen LogP contribution is 2.39. The van der Waals surface area contributed by atoms with Crippen molar-refractivity contribution in [3.63, 3.8) is 0 Å². The number of amides is 3. The highest BCUT2D eigenvalue weighted by molar-refractivity contribution is 6.37. The van der Waals surface area contributed by atoms with Gasteiger partial charge in [0.25, 0.3) is 17.7 Å². The SMILES string of the molecule is CC1=CC[C@@H]2C(=O)N(N(CC(=O)c3ccc(Cl)cc3Cl)C(=O)c3ccccc3Cl)C(=O)[C@@H]2C1. The number of fused-ring (bicyclic) bond motifs is 1. The van der Waals surface area contributed by atoms with E-state index < -0.39 is 41.9 Å². The zero-order chi connectivity index (χ0) is 23.9. The van der Waals surface area contributed by atoms with Crippen LogP contribution in [-0.4, -0.2) is 40.1 Å². The number of hydrazine groups is 1. The first kappa shape index (κ1) is 23.5. The molecule has 1 saturated heterocycles. The van der Waals surface area contributed by atoms with Crippen molar-refractivity contribution >= 4 is 58.3 Å². The molecule has 33 heavy (non-hydrogen) atoms. The molecule has 0 spiro atoms. The van der Waals surface area contributed by atoms with E-state index in [1.54, 1.807) is 12.1 Å². The van der Waals surface area contributed by atoms with E-state index in [9.17, 15) is 19.2 Å². The van der Waals surface area contributed by atoms with Crippen molar-refractivity contribution in [2.24, 2.45) is 11.8 Å². The summed E-state index contributed by atoms with van der Waals surface area (Å²) in [5.74, 6) is -3.45. The highest BCUT2D eigenvalue weighted by Gasteiger charge is 2.51. The van der Waals surface area contributed by atoms with Gasteiger partial charge in [0.15, 0.2) is 5.78 Å². The summed E-state index contributed by atoms with van der Waals surface area (Å²) in [4.78, 5) is 53.2. The van der Waals surface area contributed by atoms with Gasteiger partial charge in [-0.05, 0) is 50.1 Å². The van der Waals surface area contributed by atoms with Crippen molar-refractivity contribution in [1.82, 2.24) is 10.0 Å². The van der Waals surface area contributed by atoms with Gasteiger partial charge in [-0.25, -0.2) is 5.01 Å². The third-order valence-corrected chi connectivity index (χ3v) is 6.78. The Morgan fingerprint density at radius 2 is 1.67 bits per heavy atom. The smallest absolute Gasteiger partial charge is 0.274 e. The fourth-order valence-corrected chi connectivity index (χ4v) is 4.93. The second-order valence-corrected chi connectivity index (χ2v) is 9.33. The summed E-state index contributed by atoms with van der Waals surface area (Å²) in [5.41, 5.74) is 1.19. The van der Waals surface area contributed by atoms with E-state index >= 15 is 0 Å². The summed E-state index contributed by atoms with van der Waals surface area (Å²) in [7, 11) is 0. The number of Topliss-reactive ketones (excluding diaryl/α,β-unsaturated/α-hetero) is 1. The minimum absolute atomic E-state index is 0.0685. The average molecular weight is 506 g/mol. The molecule has 170 valence electrons. The minimum atomic E-state index is -0.732. The molecule has 0 unspecified atom stereocenters. The van der Waals surface area contributed by atoms with Crippen LogP contribution in [0, 0.1) is 11.8 Å². The van der Waals surface area contributed by atoms with Crippen LogP contribution in [0.15, 0.2) is 54.1 Å². The second kappa shape index (κ2) is 9.29. The van der Waals surface area contributed by atoms with Gasteiger partial charge in [0.1, 0.15) is 6.54 Å². The third-order valence-electron chi connectivity index (χ3n) is 5.90. The van der Waals surface area contributed by atoms with Gasteiger partial charge in [-0.2, -0.15) is 5.01 Å². The first-order valence-corrected chi connectivity index (χ1v) is 11.4. The number of hydrogen-bond acceptors (Lipinski definition) is 4. The van der Waals surface area contributed by atoms with E-state index in [0.29, 0.717) is 17.9 Å². The lowest BCUT2D eigenvalue weighted by atomic mass is 9.82. The minimum Gasteiger partial charge on any atom is -0.292 e. The Morgan fingerprint density at radius 3 is 2.36 bits per heavy atom. The van der Waals surface area contributed by atoms with E-state index in [-0.39, 0.29) is 21.2 Å². The van der Waals surface area contributed by atoms with Gasteiger partial charge in [-0.3, -0.25) is 19.2 Å². The summed E-state index contributed by atoms with van der Waals surface area (Å²) >= 11 is 18.3. The van der Waals surface area contributed by atoms with Crippen molar-refractivity contribution < 1.29 is 19.2 Å². The molecule has 2 aromatic rings. The monoisotopic (exact) mass is 504 g/mol. The van der Waals surface area contributed by atoms with Crippen LogP contribution < -0.4 is 0 Å². The first-order chi connectivity index (χ1) is 15.7. The molecule has 2 aromatic carbocycles. The molecule has 2 atom stereocenters. The van der Waals surface area contributed by atoms with Crippen LogP contribution in [0.1, 0.15) is 40.5 Å². The molecule has 1 aliphatic carbocycles. The molecular formula is C24H19Cl3N2O4. The van der Waals surface area contributed by atoms with E-state index in [0.717, 1.165) is 15.6 Å². The number of imide groups is 1. The van der Waals surface area contributed by atoms with Crippen LogP contribution in [0.25, 0.3) is 0 Å². The summed E-state index contributed by atoms with van der Waals surface area (Å²) < 4.78 is 0. The van der Waals surface area contributed by atoms with Gasteiger partial charge in [0.05, 0.1) is 27.4 Å². The number of carbonyl (C=O) groups excluding carboxylic acids is 4. The molecule has 1 aliphatic heterocycles. The average Bonchev–Trinajstić information content (AvgIpc) is 3.01. The third kappa shape index (κ3) is 4.43. The Labute approximate surface area is 205 Å². The number of nitrogens with zero attached hydrogens (tertiary/aromatic N) is 2. The summed E-state index contributed by atoms with van der Waals surface area (Å²) in [6, 6.07) is 10.6. The largest absolute Gasteiger partial charge is 0.292 e. The lowest BCUT2D eigenvalue weighted by molar-refractivity contribution is -0.154. The summed E-state index contributed by atoms with van der Waals surface area (Å²) in [6.45, 7) is 1.32. The first-order valence-electron chi connectivity index (χ1n) is 10.3. The van der Waals surface area contributed by atoms with Crippen molar-refractivity contribution in [2.45, 2.75) is 19.8 Å². The molecule has 3 amide bonds. The van der Waals surface area contributed by atoms with Crippen LogP contribution in [0.4, 0.5) is 0 Å².